The van der Waals surface area contributed by atoms with Gasteiger partial charge in [-0.3, -0.25) is 4.79 Å². The SMILES string of the molecule is Cc1ccc2c(c1)CCCN2C(=O)c1c(N)cccc1Cl. The smallest absolute Gasteiger partial charge is 0.261 e. The van der Waals surface area contributed by atoms with Crippen LogP contribution in [0, 0.1) is 6.92 Å². The Hall–Kier alpha value is -2.00. The maximum Gasteiger partial charge on any atom is 0.261 e. The number of anilines is 2. The Morgan fingerprint density at radius 2 is 2.10 bits per heavy atom. The molecule has 2 aromatic rings. The molecule has 0 spiro atoms. The fourth-order valence-electron chi connectivity index (χ4n) is 2.84. The Morgan fingerprint density at radius 3 is 2.86 bits per heavy atom. The minimum absolute atomic E-state index is 0.122. The molecule has 0 aromatic heterocycles. The summed E-state index contributed by atoms with van der Waals surface area (Å²) in [4.78, 5) is 14.6. The number of nitrogen functional groups attached to an aromatic ring is 1. The van der Waals surface area contributed by atoms with E-state index in [4.69, 9.17) is 17.3 Å². The van der Waals surface area contributed by atoms with Crippen molar-refractivity contribution >= 4 is 28.9 Å². The lowest BCUT2D eigenvalue weighted by atomic mass is 9.98. The van der Waals surface area contributed by atoms with E-state index in [1.807, 2.05) is 12.1 Å². The van der Waals surface area contributed by atoms with Crippen LogP contribution in [0.15, 0.2) is 36.4 Å². The molecule has 3 nitrogen and oxygen atoms in total. The standard InChI is InChI=1S/C17H17ClN2O/c1-11-7-8-15-12(10-11)4-3-9-20(15)17(21)16-13(18)5-2-6-14(16)19/h2,5-8,10H,3-4,9,19H2,1H3. The number of halogens is 1. The van der Waals surface area contributed by atoms with Gasteiger partial charge < -0.3 is 10.6 Å². The Labute approximate surface area is 129 Å². The highest BCUT2D eigenvalue weighted by Crippen LogP contribution is 2.32. The molecule has 1 amide bonds. The number of rotatable bonds is 1. The second-order valence-electron chi connectivity index (χ2n) is 5.40. The summed E-state index contributed by atoms with van der Waals surface area (Å²) in [5.74, 6) is -0.122. The molecule has 0 bridgehead atoms. The van der Waals surface area contributed by atoms with Crippen molar-refractivity contribution in [2.45, 2.75) is 19.8 Å². The van der Waals surface area contributed by atoms with Crippen molar-refractivity contribution in [1.29, 1.82) is 0 Å². The van der Waals surface area contributed by atoms with Crippen LogP contribution >= 0.6 is 11.6 Å². The first-order valence-electron chi connectivity index (χ1n) is 7.03. The molecule has 2 N–H and O–H groups in total. The first-order chi connectivity index (χ1) is 10.1. The van der Waals surface area contributed by atoms with Gasteiger partial charge in [0.2, 0.25) is 0 Å². The third-order valence-corrected chi connectivity index (χ3v) is 4.17. The van der Waals surface area contributed by atoms with Gasteiger partial charge in [-0.1, -0.05) is 35.4 Å². The number of carbonyl (C=O) groups excluding carboxylic acids is 1. The van der Waals surface area contributed by atoms with Gasteiger partial charge in [0.05, 0.1) is 10.6 Å². The van der Waals surface area contributed by atoms with E-state index in [-0.39, 0.29) is 5.91 Å². The van der Waals surface area contributed by atoms with Crippen molar-refractivity contribution in [2.75, 3.05) is 17.2 Å². The summed E-state index contributed by atoms with van der Waals surface area (Å²) < 4.78 is 0. The summed E-state index contributed by atoms with van der Waals surface area (Å²) >= 11 is 6.17. The molecule has 0 atom stereocenters. The number of fused-ring (bicyclic) bond motifs is 1. The predicted molar refractivity (Wildman–Crippen MR) is 87.0 cm³/mol. The highest BCUT2D eigenvalue weighted by atomic mass is 35.5. The normalized spacial score (nSPS) is 13.9. The number of hydrogen-bond donors (Lipinski definition) is 1. The van der Waals surface area contributed by atoms with Crippen LogP contribution in [0.1, 0.15) is 27.9 Å². The molecule has 0 fully saturated rings. The zero-order valence-electron chi connectivity index (χ0n) is 11.9. The van der Waals surface area contributed by atoms with Crippen molar-refractivity contribution in [1.82, 2.24) is 0 Å². The number of carbonyl (C=O) groups is 1. The Bertz CT molecular complexity index is 692. The van der Waals surface area contributed by atoms with Crippen LogP contribution in [-0.2, 0) is 6.42 Å². The van der Waals surface area contributed by atoms with Crippen molar-refractivity contribution in [3.05, 3.63) is 58.1 Å². The number of nitrogens with zero attached hydrogens (tertiary/aromatic N) is 1. The lowest BCUT2D eigenvalue weighted by Gasteiger charge is -2.30. The van der Waals surface area contributed by atoms with Crippen LogP contribution in [0.5, 0.6) is 0 Å². The van der Waals surface area contributed by atoms with E-state index in [2.05, 4.69) is 13.0 Å². The van der Waals surface area contributed by atoms with Crippen molar-refractivity contribution in [3.63, 3.8) is 0 Å². The molecule has 0 unspecified atom stereocenters. The first kappa shape index (κ1) is 14.0. The lowest BCUT2D eigenvalue weighted by Crippen LogP contribution is -2.36. The summed E-state index contributed by atoms with van der Waals surface area (Å²) in [5, 5.41) is 0.402. The fraction of sp³-hybridized carbons (Fsp3) is 0.235. The van der Waals surface area contributed by atoms with Crippen LogP contribution in [0.25, 0.3) is 0 Å². The third-order valence-electron chi connectivity index (χ3n) is 3.86. The first-order valence-corrected chi connectivity index (χ1v) is 7.41. The van der Waals surface area contributed by atoms with Gasteiger partial charge in [-0.25, -0.2) is 0 Å². The van der Waals surface area contributed by atoms with Gasteiger partial charge in [-0.05, 0) is 43.5 Å². The van der Waals surface area contributed by atoms with Crippen molar-refractivity contribution in [2.24, 2.45) is 0 Å². The van der Waals surface area contributed by atoms with E-state index >= 15 is 0 Å². The molecule has 0 radical (unpaired) electrons. The fourth-order valence-corrected chi connectivity index (χ4v) is 3.10. The largest absolute Gasteiger partial charge is 0.398 e. The Kier molecular flexibility index (Phi) is 3.60. The second-order valence-corrected chi connectivity index (χ2v) is 5.80. The lowest BCUT2D eigenvalue weighted by molar-refractivity contribution is 0.0986. The van der Waals surface area contributed by atoms with E-state index in [9.17, 15) is 4.79 Å². The van der Waals surface area contributed by atoms with Crippen LogP contribution in [0.4, 0.5) is 11.4 Å². The minimum Gasteiger partial charge on any atom is -0.398 e. The Balaban J connectivity index is 2.05. The summed E-state index contributed by atoms with van der Waals surface area (Å²) in [5.41, 5.74) is 10.1. The molecule has 1 aliphatic heterocycles. The zero-order valence-corrected chi connectivity index (χ0v) is 12.7. The molecule has 1 aliphatic rings. The van der Waals surface area contributed by atoms with Crippen LogP contribution < -0.4 is 10.6 Å². The van der Waals surface area contributed by atoms with E-state index < -0.39 is 0 Å². The van der Waals surface area contributed by atoms with Crippen molar-refractivity contribution < 1.29 is 4.79 Å². The van der Waals surface area contributed by atoms with E-state index in [1.165, 1.54) is 11.1 Å². The maximum absolute atomic E-state index is 12.9. The summed E-state index contributed by atoms with van der Waals surface area (Å²) in [6.45, 7) is 2.76. The molecule has 1 heterocycles. The number of aryl methyl sites for hydroxylation is 2. The monoisotopic (exact) mass is 300 g/mol. The molecule has 21 heavy (non-hydrogen) atoms. The maximum atomic E-state index is 12.9. The molecule has 4 heteroatoms. The van der Waals surface area contributed by atoms with E-state index in [0.29, 0.717) is 22.8 Å². The number of benzene rings is 2. The van der Waals surface area contributed by atoms with Gasteiger partial charge in [-0.15, -0.1) is 0 Å². The Morgan fingerprint density at radius 1 is 1.29 bits per heavy atom. The van der Waals surface area contributed by atoms with E-state index in [0.717, 1.165) is 18.5 Å². The molecule has 2 aromatic carbocycles. The van der Waals surface area contributed by atoms with E-state index in [1.54, 1.807) is 23.1 Å². The average molecular weight is 301 g/mol. The van der Waals surface area contributed by atoms with Crippen LogP contribution in [0.3, 0.4) is 0 Å². The zero-order chi connectivity index (χ0) is 15.0. The van der Waals surface area contributed by atoms with Crippen molar-refractivity contribution in [3.8, 4) is 0 Å². The van der Waals surface area contributed by atoms with Gasteiger partial charge in [0.15, 0.2) is 0 Å². The highest BCUT2D eigenvalue weighted by molar-refractivity contribution is 6.35. The quantitative estimate of drug-likeness (QED) is 0.814. The highest BCUT2D eigenvalue weighted by Gasteiger charge is 2.26. The van der Waals surface area contributed by atoms with Gasteiger partial charge in [-0.2, -0.15) is 0 Å². The molecule has 3 rings (SSSR count). The molecular weight excluding hydrogens is 284 g/mol. The van der Waals surface area contributed by atoms with Gasteiger partial charge in [0.25, 0.3) is 5.91 Å². The van der Waals surface area contributed by atoms with Gasteiger partial charge >= 0.3 is 0 Å². The second kappa shape index (κ2) is 5.41. The predicted octanol–water partition coefficient (Wildman–Crippen LogP) is 3.82. The summed E-state index contributed by atoms with van der Waals surface area (Å²) in [6, 6.07) is 11.3. The van der Waals surface area contributed by atoms with Crippen LogP contribution in [0.2, 0.25) is 5.02 Å². The topological polar surface area (TPSA) is 46.3 Å². The van der Waals surface area contributed by atoms with Crippen LogP contribution in [-0.4, -0.2) is 12.5 Å². The molecule has 0 saturated carbocycles. The number of hydrogen-bond acceptors (Lipinski definition) is 2. The number of amides is 1. The summed E-state index contributed by atoms with van der Waals surface area (Å²) in [6.07, 6.45) is 1.95. The molecular formula is C17H17ClN2O. The summed E-state index contributed by atoms with van der Waals surface area (Å²) in [7, 11) is 0. The molecule has 0 saturated heterocycles. The van der Waals surface area contributed by atoms with Gasteiger partial charge in [0.1, 0.15) is 0 Å². The number of nitrogens with two attached hydrogens (primary N) is 1. The molecule has 108 valence electrons. The van der Waals surface area contributed by atoms with Gasteiger partial charge in [0, 0.05) is 17.9 Å². The average Bonchev–Trinajstić information content (AvgIpc) is 2.46. The third kappa shape index (κ3) is 2.49. The molecule has 0 aliphatic carbocycles. The minimum atomic E-state index is -0.122.